The van der Waals surface area contributed by atoms with Crippen molar-refractivity contribution in [3.63, 3.8) is 0 Å². The van der Waals surface area contributed by atoms with E-state index >= 15 is 0 Å². The zero-order valence-electron chi connectivity index (χ0n) is 14.4. The van der Waals surface area contributed by atoms with E-state index in [4.69, 9.17) is 21.1 Å². The summed E-state index contributed by atoms with van der Waals surface area (Å²) in [6, 6.07) is 13.1. The van der Waals surface area contributed by atoms with Gasteiger partial charge in [-0.05, 0) is 49.1 Å². The van der Waals surface area contributed by atoms with E-state index in [0.29, 0.717) is 23.3 Å². The van der Waals surface area contributed by atoms with Crippen LogP contribution < -0.4 is 4.74 Å². The summed E-state index contributed by atoms with van der Waals surface area (Å²) in [5, 5.41) is 0.468. The molecule has 0 atom stereocenters. The van der Waals surface area contributed by atoms with E-state index in [-0.39, 0.29) is 11.1 Å². The van der Waals surface area contributed by atoms with Crippen molar-refractivity contribution in [2.45, 2.75) is 32.1 Å². The molecule has 0 saturated heterocycles. The van der Waals surface area contributed by atoms with Gasteiger partial charge in [-0.2, -0.15) is 0 Å². The molecule has 0 aromatic heterocycles. The van der Waals surface area contributed by atoms with Gasteiger partial charge in [0.2, 0.25) is 0 Å². The van der Waals surface area contributed by atoms with Gasteiger partial charge in [-0.1, -0.05) is 49.1 Å². The SMILES string of the molecule is O=C(OCC1CCCCC1)c1ccccc1C(=O)Oc1cccc(Cl)c1. The van der Waals surface area contributed by atoms with Gasteiger partial charge in [0.15, 0.2) is 0 Å². The largest absolute Gasteiger partial charge is 0.462 e. The molecule has 0 spiro atoms. The number of rotatable bonds is 5. The number of hydrogen-bond acceptors (Lipinski definition) is 4. The van der Waals surface area contributed by atoms with Crippen molar-refractivity contribution in [2.75, 3.05) is 6.61 Å². The summed E-state index contributed by atoms with van der Waals surface area (Å²) in [6.45, 7) is 0.399. The zero-order valence-corrected chi connectivity index (χ0v) is 15.2. The number of carbonyl (C=O) groups excluding carboxylic acids is 2. The number of carbonyl (C=O) groups is 2. The van der Waals surface area contributed by atoms with Crippen LogP contribution in [0.5, 0.6) is 5.75 Å². The third-order valence-corrected chi connectivity index (χ3v) is 4.78. The Morgan fingerprint density at radius 3 is 2.31 bits per heavy atom. The van der Waals surface area contributed by atoms with E-state index in [2.05, 4.69) is 0 Å². The third kappa shape index (κ3) is 4.85. The minimum atomic E-state index is -0.613. The average molecular weight is 373 g/mol. The molecular formula is C21H21ClO4. The minimum Gasteiger partial charge on any atom is -0.462 e. The molecule has 0 bridgehead atoms. The maximum Gasteiger partial charge on any atom is 0.344 e. The Kier molecular flexibility index (Phi) is 6.29. The fourth-order valence-electron chi connectivity index (χ4n) is 3.16. The first-order valence-corrected chi connectivity index (χ1v) is 9.25. The van der Waals surface area contributed by atoms with Gasteiger partial charge < -0.3 is 9.47 Å². The highest BCUT2D eigenvalue weighted by Crippen LogP contribution is 2.24. The summed E-state index contributed by atoms with van der Waals surface area (Å²) in [5.74, 6) is -0.363. The molecule has 2 aromatic rings. The highest BCUT2D eigenvalue weighted by molar-refractivity contribution is 6.30. The predicted octanol–water partition coefficient (Wildman–Crippen LogP) is 5.30. The van der Waals surface area contributed by atoms with Gasteiger partial charge in [-0.25, -0.2) is 9.59 Å². The Balaban J connectivity index is 1.68. The Morgan fingerprint density at radius 2 is 1.62 bits per heavy atom. The first kappa shape index (κ1) is 18.5. The van der Waals surface area contributed by atoms with Gasteiger partial charge in [0.1, 0.15) is 5.75 Å². The molecule has 0 unspecified atom stereocenters. The van der Waals surface area contributed by atoms with Crippen molar-refractivity contribution in [2.24, 2.45) is 5.92 Å². The summed E-state index contributed by atoms with van der Waals surface area (Å²) in [4.78, 5) is 25.0. The molecule has 26 heavy (non-hydrogen) atoms. The fourth-order valence-corrected chi connectivity index (χ4v) is 3.34. The topological polar surface area (TPSA) is 52.6 Å². The monoisotopic (exact) mass is 372 g/mol. The first-order valence-electron chi connectivity index (χ1n) is 8.87. The van der Waals surface area contributed by atoms with Gasteiger partial charge in [0.25, 0.3) is 0 Å². The molecule has 2 aromatic carbocycles. The summed E-state index contributed by atoms with van der Waals surface area (Å²) < 4.78 is 10.8. The lowest BCUT2D eigenvalue weighted by atomic mass is 9.90. The Labute approximate surface area is 158 Å². The normalized spacial score (nSPS) is 14.7. The van der Waals surface area contributed by atoms with Crippen LogP contribution in [0.25, 0.3) is 0 Å². The van der Waals surface area contributed by atoms with E-state index < -0.39 is 11.9 Å². The van der Waals surface area contributed by atoms with Crippen LogP contribution in [-0.4, -0.2) is 18.5 Å². The van der Waals surface area contributed by atoms with Gasteiger partial charge in [0, 0.05) is 5.02 Å². The molecule has 136 valence electrons. The third-order valence-electron chi connectivity index (χ3n) is 4.55. The van der Waals surface area contributed by atoms with Gasteiger partial charge in [0.05, 0.1) is 17.7 Å². The van der Waals surface area contributed by atoms with Gasteiger partial charge in [-0.3, -0.25) is 0 Å². The molecular weight excluding hydrogens is 352 g/mol. The van der Waals surface area contributed by atoms with E-state index in [1.807, 2.05) is 0 Å². The van der Waals surface area contributed by atoms with E-state index in [1.54, 1.807) is 48.5 Å². The van der Waals surface area contributed by atoms with Crippen LogP contribution in [0.4, 0.5) is 0 Å². The van der Waals surface area contributed by atoms with Gasteiger partial charge in [-0.15, -0.1) is 0 Å². The second kappa shape index (κ2) is 8.86. The van der Waals surface area contributed by atoms with Crippen molar-refractivity contribution in [1.82, 2.24) is 0 Å². The second-order valence-corrected chi connectivity index (χ2v) is 6.93. The van der Waals surface area contributed by atoms with E-state index in [0.717, 1.165) is 12.8 Å². The van der Waals surface area contributed by atoms with Crippen LogP contribution in [0.2, 0.25) is 5.02 Å². The molecule has 0 heterocycles. The first-order chi connectivity index (χ1) is 12.6. The number of esters is 2. The molecule has 0 N–H and O–H groups in total. The lowest BCUT2D eigenvalue weighted by molar-refractivity contribution is 0.0404. The van der Waals surface area contributed by atoms with Crippen molar-refractivity contribution in [3.05, 3.63) is 64.7 Å². The molecule has 4 nitrogen and oxygen atoms in total. The molecule has 1 fully saturated rings. The Morgan fingerprint density at radius 1 is 0.923 bits per heavy atom. The fraction of sp³-hybridized carbons (Fsp3) is 0.333. The maximum atomic E-state index is 12.5. The van der Waals surface area contributed by atoms with Crippen LogP contribution in [0.15, 0.2) is 48.5 Å². The number of hydrogen-bond donors (Lipinski definition) is 0. The Bertz CT molecular complexity index is 781. The van der Waals surface area contributed by atoms with Crippen LogP contribution in [0.3, 0.4) is 0 Å². The average Bonchev–Trinajstić information content (AvgIpc) is 2.67. The molecule has 3 rings (SSSR count). The predicted molar refractivity (Wildman–Crippen MR) is 99.7 cm³/mol. The number of ether oxygens (including phenoxy) is 2. The molecule has 0 aliphatic heterocycles. The lowest BCUT2D eigenvalue weighted by Gasteiger charge is -2.21. The highest BCUT2D eigenvalue weighted by atomic mass is 35.5. The Hall–Kier alpha value is -2.33. The minimum absolute atomic E-state index is 0.182. The quantitative estimate of drug-likeness (QED) is 0.528. The van der Waals surface area contributed by atoms with Crippen molar-refractivity contribution in [1.29, 1.82) is 0 Å². The van der Waals surface area contributed by atoms with E-state index in [1.165, 1.54) is 19.3 Å². The summed E-state index contributed by atoms with van der Waals surface area (Å²) in [5.41, 5.74) is 0.399. The van der Waals surface area contributed by atoms with Crippen LogP contribution in [0, 0.1) is 5.92 Å². The van der Waals surface area contributed by atoms with Crippen LogP contribution in [-0.2, 0) is 4.74 Å². The maximum absolute atomic E-state index is 12.5. The lowest BCUT2D eigenvalue weighted by Crippen LogP contribution is -2.19. The smallest absolute Gasteiger partial charge is 0.344 e. The second-order valence-electron chi connectivity index (χ2n) is 6.49. The molecule has 0 radical (unpaired) electrons. The summed E-state index contributed by atoms with van der Waals surface area (Å²) in [7, 11) is 0. The number of halogens is 1. The highest BCUT2D eigenvalue weighted by Gasteiger charge is 2.21. The number of benzene rings is 2. The van der Waals surface area contributed by atoms with Gasteiger partial charge >= 0.3 is 11.9 Å². The molecule has 1 aliphatic rings. The summed E-state index contributed by atoms with van der Waals surface area (Å²) >= 11 is 5.91. The molecule has 1 aliphatic carbocycles. The van der Waals surface area contributed by atoms with E-state index in [9.17, 15) is 9.59 Å². The van der Waals surface area contributed by atoms with Crippen molar-refractivity contribution < 1.29 is 19.1 Å². The van der Waals surface area contributed by atoms with Crippen LogP contribution in [0.1, 0.15) is 52.8 Å². The van der Waals surface area contributed by atoms with Crippen LogP contribution >= 0.6 is 11.6 Å². The molecule has 5 heteroatoms. The zero-order chi connectivity index (χ0) is 18.4. The van der Waals surface area contributed by atoms with Crippen molar-refractivity contribution in [3.8, 4) is 5.75 Å². The van der Waals surface area contributed by atoms with Crippen molar-refractivity contribution >= 4 is 23.5 Å². The standard InChI is InChI=1S/C21H21ClO4/c22-16-9-6-10-17(13-16)26-21(24)19-12-5-4-11-18(19)20(23)25-14-15-7-2-1-3-8-15/h4-6,9-13,15H,1-3,7-8,14H2. The molecule has 0 amide bonds. The summed E-state index contributed by atoms with van der Waals surface area (Å²) in [6.07, 6.45) is 5.80. The molecule has 1 saturated carbocycles.